The van der Waals surface area contributed by atoms with E-state index in [4.69, 9.17) is 5.73 Å². The third kappa shape index (κ3) is 2.75. The van der Waals surface area contributed by atoms with Crippen LogP contribution in [0.1, 0.15) is 52.9 Å². The number of allylic oxidation sites excluding steroid dienone is 3. The monoisotopic (exact) mass is 274 g/mol. The first kappa shape index (κ1) is 15.1. The second kappa shape index (κ2) is 6.44. The summed E-state index contributed by atoms with van der Waals surface area (Å²) >= 11 is 0. The third-order valence-electron chi connectivity index (χ3n) is 4.67. The van der Waals surface area contributed by atoms with Crippen molar-refractivity contribution in [1.82, 2.24) is 0 Å². The van der Waals surface area contributed by atoms with E-state index >= 15 is 0 Å². The van der Waals surface area contributed by atoms with E-state index in [1.54, 1.807) is 0 Å². The number of nitrogens with two attached hydrogens (primary N) is 1. The fraction of sp³-hybridized carbons (Fsp3) is 0.688. The standard InChI is InChI=1S/C16H26N4/c1-4-6-7-12(5-2)10-16(3)13(11-17)8-9-14-15(16)19-20-18-14/h8-9,12H,4-7,10-11,17H2,1-3H3. The van der Waals surface area contributed by atoms with E-state index < -0.39 is 0 Å². The lowest BCUT2D eigenvalue weighted by molar-refractivity contribution is 0.333. The minimum atomic E-state index is -0.100. The third-order valence-corrected chi connectivity index (χ3v) is 4.67. The van der Waals surface area contributed by atoms with Crippen molar-refractivity contribution < 1.29 is 0 Å². The summed E-state index contributed by atoms with van der Waals surface area (Å²) in [6.45, 7) is 7.35. The Kier molecular flexibility index (Phi) is 4.86. The molecule has 2 N–H and O–H groups in total. The molecule has 4 heteroatoms. The van der Waals surface area contributed by atoms with Gasteiger partial charge in [-0.25, -0.2) is 0 Å². The molecule has 110 valence electrons. The van der Waals surface area contributed by atoms with Gasteiger partial charge in [0.25, 0.3) is 0 Å². The van der Waals surface area contributed by atoms with E-state index in [2.05, 4.69) is 42.3 Å². The molecule has 2 unspecified atom stereocenters. The molecule has 2 rings (SSSR count). The minimum Gasteiger partial charge on any atom is -0.327 e. The first-order valence-electron chi connectivity index (χ1n) is 7.76. The van der Waals surface area contributed by atoms with Crippen LogP contribution in [0.3, 0.4) is 0 Å². The zero-order valence-corrected chi connectivity index (χ0v) is 12.9. The largest absolute Gasteiger partial charge is 0.327 e. The van der Waals surface area contributed by atoms with E-state index in [1.807, 2.05) is 6.08 Å². The Morgan fingerprint density at radius 3 is 2.75 bits per heavy atom. The van der Waals surface area contributed by atoms with Crippen LogP contribution in [-0.4, -0.2) is 12.3 Å². The smallest absolute Gasteiger partial charge is 0.112 e. The molecule has 20 heavy (non-hydrogen) atoms. The number of hydrogen-bond donors (Lipinski definition) is 1. The quantitative estimate of drug-likeness (QED) is 0.742. The molecule has 2 atom stereocenters. The molecule has 0 spiro atoms. The van der Waals surface area contributed by atoms with Crippen molar-refractivity contribution in [1.29, 1.82) is 0 Å². The molecule has 1 aliphatic heterocycles. The van der Waals surface area contributed by atoms with Crippen LogP contribution in [0.2, 0.25) is 0 Å². The maximum Gasteiger partial charge on any atom is 0.112 e. The van der Waals surface area contributed by atoms with Gasteiger partial charge in [0.2, 0.25) is 0 Å². The normalized spacial score (nSPS) is 25.9. The van der Waals surface area contributed by atoms with Gasteiger partial charge in [0.05, 0.1) is 0 Å². The van der Waals surface area contributed by atoms with Gasteiger partial charge >= 0.3 is 0 Å². The van der Waals surface area contributed by atoms with Gasteiger partial charge in [-0.1, -0.05) is 45.6 Å². The molecule has 4 nitrogen and oxygen atoms in total. The molecule has 0 radical (unpaired) electrons. The summed E-state index contributed by atoms with van der Waals surface area (Å²) in [5.41, 5.74) is 9.04. The lowest BCUT2D eigenvalue weighted by Gasteiger charge is -2.36. The predicted molar refractivity (Wildman–Crippen MR) is 83.5 cm³/mol. The second-order valence-corrected chi connectivity index (χ2v) is 6.04. The Hall–Kier alpha value is -1.29. The van der Waals surface area contributed by atoms with Gasteiger partial charge in [-0.2, -0.15) is 0 Å². The molecule has 0 saturated carbocycles. The molecule has 1 heterocycles. The fourth-order valence-corrected chi connectivity index (χ4v) is 3.28. The molecule has 0 aromatic carbocycles. The molecule has 0 aromatic heterocycles. The highest BCUT2D eigenvalue weighted by atomic mass is 15.4. The Morgan fingerprint density at radius 2 is 2.10 bits per heavy atom. The van der Waals surface area contributed by atoms with Gasteiger partial charge in [0, 0.05) is 12.0 Å². The highest BCUT2D eigenvalue weighted by molar-refractivity contribution is 6.07. The summed E-state index contributed by atoms with van der Waals surface area (Å²) in [4.78, 5) is 0. The summed E-state index contributed by atoms with van der Waals surface area (Å²) in [6, 6.07) is 0. The molecule has 2 aliphatic rings. The molecule has 0 saturated heterocycles. The highest BCUT2D eigenvalue weighted by Crippen LogP contribution is 2.43. The van der Waals surface area contributed by atoms with Gasteiger partial charge < -0.3 is 5.73 Å². The maximum atomic E-state index is 5.97. The summed E-state index contributed by atoms with van der Waals surface area (Å²) in [5, 5.41) is 12.3. The fourth-order valence-electron chi connectivity index (χ4n) is 3.28. The van der Waals surface area contributed by atoms with Crippen molar-refractivity contribution in [3.63, 3.8) is 0 Å². The number of rotatable bonds is 7. The van der Waals surface area contributed by atoms with Crippen molar-refractivity contribution in [3.8, 4) is 0 Å². The van der Waals surface area contributed by atoms with Gasteiger partial charge in [-0.3, -0.25) is 0 Å². The van der Waals surface area contributed by atoms with Crippen LogP contribution in [0.4, 0.5) is 0 Å². The van der Waals surface area contributed by atoms with Crippen LogP contribution in [0.15, 0.2) is 38.9 Å². The van der Waals surface area contributed by atoms with E-state index in [0.717, 1.165) is 17.8 Å². The first-order chi connectivity index (χ1) is 9.65. The maximum absolute atomic E-state index is 5.97. The van der Waals surface area contributed by atoms with Gasteiger partial charge in [0.1, 0.15) is 11.4 Å². The van der Waals surface area contributed by atoms with Crippen molar-refractivity contribution >= 4 is 5.71 Å². The van der Waals surface area contributed by atoms with Crippen molar-refractivity contribution in [2.75, 3.05) is 6.54 Å². The van der Waals surface area contributed by atoms with Crippen molar-refractivity contribution in [3.05, 3.63) is 23.4 Å². The molecular formula is C16H26N4. The van der Waals surface area contributed by atoms with Crippen LogP contribution in [0, 0.1) is 11.3 Å². The Balaban J connectivity index is 2.22. The predicted octanol–water partition coefficient (Wildman–Crippen LogP) is 4.20. The zero-order valence-electron chi connectivity index (χ0n) is 12.9. The molecular weight excluding hydrogens is 248 g/mol. The Bertz CT molecular complexity index is 473. The molecule has 0 fully saturated rings. The van der Waals surface area contributed by atoms with E-state index in [1.165, 1.54) is 31.3 Å². The number of hydrogen-bond acceptors (Lipinski definition) is 4. The van der Waals surface area contributed by atoms with Crippen LogP contribution in [0.25, 0.3) is 0 Å². The number of unbranched alkanes of at least 4 members (excludes halogenated alkanes) is 1. The van der Waals surface area contributed by atoms with Crippen molar-refractivity contribution in [2.24, 2.45) is 32.5 Å². The lowest BCUT2D eigenvalue weighted by atomic mass is 9.67. The zero-order chi connectivity index (χ0) is 14.6. The van der Waals surface area contributed by atoms with Gasteiger partial charge in [-0.15, -0.1) is 10.2 Å². The van der Waals surface area contributed by atoms with Crippen molar-refractivity contribution in [2.45, 2.75) is 52.9 Å². The summed E-state index contributed by atoms with van der Waals surface area (Å²) < 4.78 is 0. The molecule has 1 aliphatic carbocycles. The molecule has 0 aromatic rings. The summed E-state index contributed by atoms with van der Waals surface area (Å²) in [5.74, 6) is 0.706. The highest BCUT2D eigenvalue weighted by Gasteiger charge is 2.41. The lowest BCUT2D eigenvalue weighted by Crippen LogP contribution is -2.37. The van der Waals surface area contributed by atoms with Crippen LogP contribution in [0.5, 0.6) is 0 Å². The van der Waals surface area contributed by atoms with Gasteiger partial charge in [0.15, 0.2) is 0 Å². The first-order valence-corrected chi connectivity index (χ1v) is 7.76. The van der Waals surface area contributed by atoms with Crippen LogP contribution >= 0.6 is 0 Å². The Morgan fingerprint density at radius 1 is 1.30 bits per heavy atom. The average Bonchev–Trinajstić information content (AvgIpc) is 2.93. The SMILES string of the molecule is CCCCC(CC)CC1(C)C(CN)=CC=C2N=NN=C21. The average molecular weight is 274 g/mol. The topological polar surface area (TPSA) is 63.1 Å². The van der Waals surface area contributed by atoms with Crippen LogP contribution in [-0.2, 0) is 0 Å². The van der Waals surface area contributed by atoms with E-state index in [-0.39, 0.29) is 5.41 Å². The minimum absolute atomic E-state index is 0.100. The van der Waals surface area contributed by atoms with Crippen LogP contribution < -0.4 is 5.73 Å². The van der Waals surface area contributed by atoms with E-state index in [0.29, 0.717) is 12.5 Å². The Labute approximate surface area is 121 Å². The number of nitrogens with zero attached hydrogens (tertiary/aromatic N) is 3. The molecule has 0 amide bonds. The van der Waals surface area contributed by atoms with E-state index in [9.17, 15) is 0 Å². The summed E-state index contributed by atoms with van der Waals surface area (Å²) in [6.07, 6.45) is 10.2. The van der Waals surface area contributed by atoms with Gasteiger partial charge in [-0.05, 0) is 36.1 Å². The number of fused-ring (bicyclic) bond motifs is 1. The second-order valence-electron chi connectivity index (χ2n) is 6.04. The summed E-state index contributed by atoms with van der Waals surface area (Å²) in [7, 11) is 0. The molecule has 0 bridgehead atoms.